The van der Waals surface area contributed by atoms with Gasteiger partial charge in [-0.2, -0.15) is 0 Å². The second-order valence-electron chi connectivity index (χ2n) is 3.07. The summed E-state index contributed by atoms with van der Waals surface area (Å²) in [6, 6.07) is 1.96. The second kappa shape index (κ2) is 5.07. The Kier molecular flexibility index (Phi) is 4.03. The van der Waals surface area contributed by atoms with E-state index in [1.807, 2.05) is 13.0 Å². The summed E-state index contributed by atoms with van der Waals surface area (Å²) in [5.41, 5.74) is 2.12. The van der Waals surface area contributed by atoms with Crippen LogP contribution in [0, 0.1) is 6.92 Å². The van der Waals surface area contributed by atoms with Gasteiger partial charge in [-0.25, -0.2) is 4.98 Å². The van der Waals surface area contributed by atoms with E-state index < -0.39 is 0 Å². The van der Waals surface area contributed by atoms with Crippen molar-refractivity contribution in [1.82, 2.24) is 4.98 Å². The number of aryl methyl sites for hydroxylation is 1. The van der Waals surface area contributed by atoms with Crippen molar-refractivity contribution in [3.63, 3.8) is 0 Å². The maximum absolute atomic E-state index is 5.93. The lowest BCUT2D eigenvalue weighted by Crippen LogP contribution is -2.03. The highest BCUT2D eigenvalue weighted by Gasteiger charge is 2.02. The summed E-state index contributed by atoms with van der Waals surface area (Å²) in [6.07, 6.45) is 4.07. The molecule has 0 bridgehead atoms. The molecule has 1 aromatic heterocycles. The summed E-state index contributed by atoms with van der Waals surface area (Å²) in [7, 11) is 0. The lowest BCUT2D eigenvalue weighted by Gasteiger charge is -2.09. The van der Waals surface area contributed by atoms with E-state index in [-0.39, 0.29) is 0 Å². The van der Waals surface area contributed by atoms with Gasteiger partial charge in [0.15, 0.2) is 5.15 Å². The third-order valence-corrected chi connectivity index (χ3v) is 2.23. The molecule has 0 aliphatic carbocycles. The normalized spacial score (nSPS) is 10.1. The smallest absolute Gasteiger partial charge is 0.152 e. The fraction of sp³-hybridized carbons (Fsp3) is 0.500. The summed E-state index contributed by atoms with van der Waals surface area (Å²) < 4.78 is 0. The van der Waals surface area contributed by atoms with E-state index in [2.05, 4.69) is 17.2 Å². The van der Waals surface area contributed by atoms with Crippen molar-refractivity contribution in [1.29, 1.82) is 0 Å². The first-order valence-corrected chi connectivity index (χ1v) is 4.98. The Labute approximate surface area is 84.3 Å². The maximum Gasteiger partial charge on any atom is 0.152 e. The monoisotopic (exact) mass is 198 g/mol. The number of nitrogens with one attached hydrogen (secondary N) is 1. The van der Waals surface area contributed by atoms with Crippen molar-refractivity contribution < 1.29 is 0 Å². The van der Waals surface area contributed by atoms with Crippen molar-refractivity contribution in [2.45, 2.75) is 26.7 Å². The highest BCUT2D eigenvalue weighted by Crippen LogP contribution is 2.22. The van der Waals surface area contributed by atoms with Crippen LogP contribution in [0.4, 0.5) is 5.69 Å². The number of halogens is 1. The topological polar surface area (TPSA) is 24.9 Å². The average molecular weight is 199 g/mol. The largest absolute Gasteiger partial charge is 0.382 e. The molecule has 1 rings (SSSR count). The Balaban J connectivity index is 2.64. The summed E-state index contributed by atoms with van der Waals surface area (Å²) in [6.45, 7) is 5.16. The van der Waals surface area contributed by atoms with Crippen LogP contribution >= 0.6 is 11.6 Å². The summed E-state index contributed by atoms with van der Waals surface area (Å²) in [5, 5.41) is 3.85. The predicted molar refractivity (Wildman–Crippen MR) is 57.4 cm³/mol. The molecule has 0 radical (unpaired) electrons. The minimum atomic E-state index is 0.566. The number of hydrogen-bond acceptors (Lipinski definition) is 2. The Morgan fingerprint density at radius 2 is 2.31 bits per heavy atom. The van der Waals surface area contributed by atoms with Gasteiger partial charge in [0.05, 0.1) is 5.69 Å². The molecule has 72 valence electrons. The standard InChI is InChI=1S/C10H15ClN2/c1-3-4-6-12-9-8(2)5-7-13-10(9)11/h5,7,12H,3-4,6H2,1-2H3. The van der Waals surface area contributed by atoms with Gasteiger partial charge in [-0.15, -0.1) is 0 Å². The molecule has 0 unspecified atom stereocenters. The van der Waals surface area contributed by atoms with E-state index in [1.54, 1.807) is 6.20 Å². The van der Waals surface area contributed by atoms with Crippen molar-refractivity contribution in [2.75, 3.05) is 11.9 Å². The number of unbranched alkanes of at least 4 members (excludes halogenated alkanes) is 1. The molecule has 0 aliphatic rings. The quantitative estimate of drug-likeness (QED) is 0.594. The van der Waals surface area contributed by atoms with E-state index in [9.17, 15) is 0 Å². The van der Waals surface area contributed by atoms with Gasteiger partial charge in [0, 0.05) is 12.7 Å². The molecule has 3 heteroatoms. The number of nitrogens with zero attached hydrogens (tertiary/aromatic N) is 1. The molecule has 1 heterocycles. The van der Waals surface area contributed by atoms with Crippen molar-refractivity contribution in [2.24, 2.45) is 0 Å². The first kappa shape index (κ1) is 10.3. The minimum Gasteiger partial charge on any atom is -0.382 e. The molecular formula is C10H15ClN2. The first-order chi connectivity index (χ1) is 6.25. The van der Waals surface area contributed by atoms with Crippen LogP contribution in [0.3, 0.4) is 0 Å². The van der Waals surface area contributed by atoms with Gasteiger partial charge >= 0.3 is 0 Å². The molecule has 1 aromatic rings. The summed E-state index contributed by atoms with van der Waals surface area (Å²) in [5.74, 6) is 0. The van der Waals surface area contributed by atoms with Crippen LogP contribution in [0.2, 0.25) is 5.15 Å². The highest BCUT2D eigenvalue weighted by atomic mass is 35.5. The lowest BCUT2D eigenvalue weighted by atomic mass is 10.2. The summed E-state index contributed by atoms with van der Waals surface area (Å²) >= 11 is 5.93. The van der Waals surface area contributed by atoms with E-state index in [1.165, 1.54) is 6.42 Å². The minimum absolute atomic E-state index is 0.566. The van der Waals surface area contributed by atoms with Crippen molar-refractivity contribution in [3.05, 3.63) is 23.0 Å². The third-order valence-electron chi connectivity index (χ3n) is 1.95. The van der Waals surface area contributed by atoms with Gasteiger partial charge < -0.3 is 5.32 Å². The van der Waals surface area contributed by atoms with Crippen molar-refractivity contribution in [3.8, 4) is 0 Å². The second-order valence-corrected chi connectivity index (χ2v) is 3.43. The summed E-state index contributed by atoms with van der Waals surface area (Å²) in [4.78, 5) is 4.02. The van der Waals surface area contributed by atoms with Gasteiger partial charge in [0.2, 0.25) is 0 Å². The van der Waals surface area contributed by atoms with Crippen LogP contribution in [0.1, 0.15) is 25.3 Å². The van der Waals surface area contributed by atoms with Gasteiger partial charge in [-0.3, -0.25) is 0 Å². The highest BCUT2D eigenvalue weighted by molar-refractivity contribution is 6.32. The molecule has 13 heavy (non-hydrogen) atoms. The first-order valence-electron chi connectivity index (χ1n) is 4.60. The van der Waals surface area contributed by atoms with E-state index in [0.29, 0.717) is 5.15 Å². The molecule has 0 amide bonds. The van der Waals surface area contributed by atoms with Crippen LogP contribution in [0.25, 0.3) is 0 Å². The zero-order chi connectivity index (χ0) is 9.68. The molecule has 0 atom stereocenters. The molecule has 0 aliphatic heterocycles. The number of hydrogen-bond donors (Lipinski definition) is 1. The zero-order valence-corrected chi connectivity index (χ0v) is 8.86. The zero-order valence-electron chi connectivity index (χ0n) is 8.10. The molecule has 0 fully saturated rings. The molecule has 0 aromatic carbocycles. The molecule has 0 saturated carbocycles. The Hall–Kier alpha value is -0.760. The number of aromatic nitrogens is 1. The Morgan fingerprint density at radius 1 is 1.54 bits per heavy atom. The molecule has 0 saturated heterocycles. The molecule has 1 N–H and O–H groups in total. The average Bonchev–Trinajstić information content (AvgIpc) is 2.10. The number of rotatable bonds is 4. The Bertz CT molecular complexity index is 253. The number of pyridine rings is 1. The van der Waals surface area contributed by atoms with Gasteiger partial charge in [-0.1, -0.05) is 24.9 Å². The van der Waals surface area contributed by atoms with Gasteiger partial charge in [0.25, 0.3) is 0 Å². The third kappa shape index (κ3) is 2.88. The van der Waals surface area contributed by atoms with Gasteiger partial charge in [0.1, 0.15) is 0 Å². The lowest BCUT2D eigenvalue weighted by molar-refractivity contribution is 0.833. The Morgan fingerprint density at radius 3 is 2.92 bits per heavy atom. The van der Waals surface area contributed by atoms with Gasteiger partial charge in [-0.05, 0) is 25.0 Å². The number of anilines is 1. The predicted octanol–water partition coefficient (Wildman–Crippen LogP) is 3.26. The SMILES string of the molecule is CCCCNc1c(C)ccnc1Cl. The van der Waals surface area contributed by atoms with Crippen LogP contribution < -0.4 is 5.32 Å². The van der Waals surface area contributed by atoms with E-state index >= 15 is 0 Å². The van der Waals surface area contributed by atoms with Crippen LogP contribution in [-0.2, 0) is 0 Å². The molecular weight excluding hydrogens is 184 g/mol. The maximum atomic E-state index is 5.93. The van der Waals surface area contributed by atoms with E-state index in [0.717, 1.165) is 24.2 Å². The molecule has 0 spiro atoms. The van der Waals surface area contributed by atoms with E-state index in [4.69, 9.17) is 11.6 Å². The van der Waals surface area contributed by atoms with Crippen molar-refractivity contribution >= 4 is 17.3 Å². The van der Waals surface area contributed by atoms with Crippen LogP contribution in [0.5, 0.6) is 0 Å². The fourth-order valence-electron chi connectivity index (χ4n) is 1.13. The van der Waals surface area contributed by atoms with Crippen LogP contribution in [0.15, 0.2) is 12.3 Å². The van der Waals surface area contributed by atoms with Crippen LogP contribution in [-0.4, -0.2) is 11.5 Å². The molecule has 2 nitrogen and oxygen atoms in total. The fourth-order valence-corrected chi connectivity index (χ4v) is 1.40.